The summed E-state index contributed by atoms with van der Waals surface area (Å²) in [7, 11) is -1.31. The highest BCUT2D eigenvalue weighted by Gasteiger charge is 2.17. The van der Waals surface area contributed by atoms with Crippen LogP contribution in [0.2, 0.25) is 5.02 Å². The molecule has 0 radical (unpaired) electrons. The Bertz CT molecular complexity index is 1080. The number of hydrogen-bond donors (Lipinski definition) is 1. The number of anilines is 1. The van der Waals surface area contributed by atoms with Gasteiger partial charge in [-0.15, -0.1) is 0 Å². The van der Waals surface area contributed by atoms with E-state index in [9.17, 15) is 13.8 Å². The fourth-order valence-electron chi connectivity index (χ4n) is 2.73. The number of carbonyl (C=O) groups excluding carboxylic acids is 2. The molecule has 1 atom stereocenters. The van der Waals surface area contributed by atoms with Gasteiger partial charge >= 0.3 is 5.97 Å². The first kappa shape index (κ1) is 21.7. The number of rotatable bonds is 8. The Labute approximate surface area is 181 Å². The van der Waals surface area contributed by atoms with E-state index in [0.29, 0.717) is 28.0 Å². The van der Waals surface area contributed by atoms with E-state index < -0.39 is 29.3 Å². The number of hydrogen-bond acceptors (Lipinski definition) is 5. The molecule has 9 heteroatoms. The van der Waals surface area contributed by atoms with Crippen LogP contribution in [0.3, 0.4) is 0 Å². The molecular formula is C21H20ClN3O4S. The van der Waals surface area contributed by atoms with Gasteiger partial charge in [-0.3, -0.25) is 9.00 Å². The molecule has 30 heavy (non-hydrogen) atoms. The van der Waals surface area contributed by atoms with Gasteiger partial charge in [0.05, 0.1) is 34.0 Å². The molecule has 1 aromatic heterocycles. The van der Waals surface area contributed by atoms with Gasteiger partial charge in [0.2, 0.25) is 0 Å². The van der Waals surface area contributed by atoms with E-state index in [4.69, 9.17) is 16.3 Å². The van der Waals surface area contributed by atoms with Gasteiger partial charge in [0.15, 0.2) is 6.61 Å². The maximum absolute atomic E-state index is 12.4. The molecule has 0 unspecified atom stereocenters. The third-order valence-electron chi connectivity index (χ3n) is 4.21. The fourth-order valence-corrected chi connectivity index (χ4v) is 3.86. The zero-order valence-electron chi connectivity index (χ0n) is 16.2. The maximum atomic E-state index is 12.4. The molecule has 0 fully saturated rings. The Morgan fingerprint density at radius 1 is 1.13 bits per heavy atom. The molecule has 156 valence electrons. The van der Waals surface area contributed by atoms with Gasteiger partial charge in [0.1, 0.15) is 5.82 Å². The van der Waals surface area contributed by atoms with Crippen LogP contribution >= 0.6 is 11.6 Å². The number of aromatic nitrogens is 2. The quantitative estimate of drug-likeness (QED) is 0.536. The zero-order valence-corrected chi connectivity index (χ0v) is 17.8. The predicted molar refractivity (Wildman–Crippen MR) is 115 cm³/mol. The summed E-state index contributed by atoms with van der Waals surface area (Å²) in [5, 5.41) is 7.46. The Morgan fingerprint density at radius 3 is 2.63 bits per heavy atom. The number of esters is 1. The van der Waals surface area contributed by atoms with Crippen LogP contribution in [0.4, 0.5) is 5.82 Å². The lowest BCUT2D eigenvalue weighted by molar-refractivity contribution is -0.119. The first-order valence-electron chi connectivity index (χ1n) is 9.19. The average Bonchev–Trinajstić information content (AvgIpc) is 3.19. The van der Waals surface area contributed by atoms with Gasteiger partial charge in [-0.05, 0) is 23.8 Å². The number of amides is 1. The number of nitrogens with one attached hydrogen (secondary N) is 1. The van der Waals surface area contributed by atoms with Crippen LogP contribution in [0.15, 0.2) is 65.7 Å². The standard InChI is InChI=1S/C21H20ClN3O4S/c1-2-30(28)18-10-6-4-8-16(18)21(27)29-14-20(26)24-19-11-12-23-25(19)13-15-7-3-5-9-17(15)22/h3-12H,2,13-14H2,1H3,(H,24,26)/t30-/m1/s1. The summed E-state index contributed by atoms with van der Waals surface area (Å²) < 4.78 is 18.8. The second-order valence-electron chi connectivity index (χ2n) is 6.22. The fraction of sp³-hybridized carbons (Fsp3) is 0.190. The van der Waals surface area contributed by atoms with Crippen molar-refractivity contribution in [1.29, 1.82) is 0 Å². The first-order valence-corrected chi connectivity index (χ1v) is 10.9. The van der Waals surface area contributed by atoms with Crippen molar-refractivity contribution in [2.75, 3.05) is 17.7 Å². The van der Waals surface area contributed by atoms with Crippen LogP contribution in [0.1, 0.15) is 22.8 Å². The van der Waals surface area contributed by atoms with Gasteiger partial charge in [-0.2, -0.15) is 5.10 Å². The van der Waals surface area contributed by atoms with Gasteiger partial charge in [-0.25, -0.2) is 9.48 Å². The van der Waals surface area contributed by atoms with Crippen LogP contribution in [0.25, 0.3) is 0 Å². The summed E-state index contributed by atoms with van der Waals surface area (Å²) in [6, 6.07) is 15.5. The monoisotopic (exact) mass is 445 g/mol. The highest BCUT2D eigenvalue weighted by molar-refractivity contribution is 7.85. The van der Waals surface area contributed by atoms with Crippen LogP contribution in [-0.2, 0) is 26.9 Å². The third-order valence-corrected chi connectivity index (χ3v) is 5.95. The topological polar surface area (TPSA) is 90.3 Å². The van der Waals surface area contributed by atoms with Crippen molar-refractivity contribution in [1.82, 2.24) is 9.78 Å². The summed E-state index contributed by atoms with van der Waals surface area (Å²) in [5.41, 5.74) is 1.04. The Balaban J connectivity index is 1.61. The lowest BCUT2D eigenvalue weighted by Gasteiger charge is -2.11. The smallest absolute Gasteiger partial charge is 0.339 e. The second-order valence-corrected chi connectivity index (χ2v) is 8.34. The van der Waals surface area contributed by atoms with Crippen LogP contribution in [0, 0.1) is 0 Å². The molecule has 3 aromatic rings. The molecule has 3 rings (SSSR count). The number of nitrogens with zero attached hydrogens (tertiary/aromatic N) is 2. The summed E-state index contributed by atoms with van der Waals surface area (Å²) in [5.74, 6) is -0.394. The van der Waals surface area contributed by atoms with E-state index in [-0.39, 0.29) is 5.56 Å². The lowest BCUT2D eigenvalue weighted by atomic mass is 10.2. The number of benzene rings is 2. The van der Waals surface area contributed by atoms with E-state index in [2.05, 4.69) is 10.4 Å². The van der Waals surface area contributed by atoms with E-state index in [1.54, 1.807) is 48.1 Å². The van der Waals surface area contributed by atoms with Crippen molar-refractivity contribution in [3.05, 3.63) is 76.9 Å². The van der Waals surface area contributed by atoms with Gasteiger partial charge < -0.3 is 10.1 Å². The SMILES string of the molecule is CC[S@@](=O)c1ccccc1C(=O)OCC(=O)Nc1ccnn1Cc1ccccc1Cl. The summed E-state index contributed by atoms with van der Waals surface area (Å²) >= 11 is 6.18. The molecule has 0 aliphatic rings. The van der Waals surface area contributed by atoms with Crippen LogP contribution in [-0.4, -0.2) is 38.2 Å². The molecule has 7 nitrogen and oxygen atoms in total. The van der Waals surface area contributed by atoms with Crippen molar-refractivity contribution >= 4 is 40.1 Å². The number of halogens is 1. The average molecular weight is 446 g/mol. The molecule has 1 heterocycles. The minimum Gasteiger partial charge on any atom is -0.452 e. The van der Waals surface area contributed by atoms with Crippen molar-refractivity contribution in [2.24, 2.45) is 0 Å². The van der Waals surface area contributed by atoms with Crippen molar-refractivity contribution in [3.8, 4) is 0 Å². The van der Waals surface area contributed by atoms with Gasteiger partial charge in [0, 0.05) is 16.8 Å². The van der Waals surface area contributed by atoms with E-state index in [0.717, 1.165) is 5.56 Å². The normalized spacial score (nSPS) is 11.7. The molecule has 0 aliphatic carbocycles. The minimum atomic E-state index is -1.31. The highest BCUT2D eigenvalue weighted by Crippen LogP contribution is 2.18. The minimum absolute atomic E-state index is 0.189. The van der Waals surface area contributed by atoms with Crippen LogP contribution in [0.5, 0.6) is 0 Å². The summed E-state index contributed by atoms with van der Waals surface area (Å²) in [6.45, 7) is 1.65. The highest BCUT2D eigenvalue weighted by atomic mass is 35.5. The summed E-state index contributed by atoms with van der Waals surface area (Å²) in [6.07, 6.45) is 1.55. The Kier molecular flexibility index (Phi) is 7.37. The number of ether oxygens (including phenoxy) is 1. The van der Waals surface area contributed by atoms with Gasteiger partial charge in [0.25, 0.3) is 5.91 Å². The molecule has 1 N–H and O–H groups in total. The first-order chi connectivity index (χ1) is 14.5. The van der Waals surface area contributed by atoms with Crippen molar-refractivity contribution < 1.29 is 18.5 Å². The molecule has 0 saturated heterocycles. The molecular weight excluding hydrogens is 426 g/mol. The second kappa shape index (κ2) is 10.2. The molecule has 0 aliphatic heterocycles. The molecule has 2 aromatic carbocycles. The van der Waals surface area contributed by atoms with Crippen LogP contribution < -0.4 is 5.32 Å². The molecule has 0 saturated carbocycles. The predicted octanol–water partition coefficient (Wildman–Crippen LogP) is 3.51. The van der Waals surface area contributed by atoms with E-state index >= 15 is 0 Å². The maximum Gasteiger partial charge on any atom is 0.339 e. The van der Waals surface area contributed by atoms with E-state index in [1.807, 2.05) is 18.2 Å². The molecule has 1 amide bonds. The largest absolute Gasteiger partial charge is 0.452 e. The Hall–Kier alpha value is -2.97. The Morgan fingerprint density at radius 2 is 1.87 bits per heavy atom. The number of carbonyl (C=O) groups is 2. The van der Waals surface area contributed by atoms with E-state index in [1.165, 1.54) is 6.07 Å². The summed E-state index contributed by atoms with van der Waals surface area (Å²) in [4.78, 5) is 25.0. The molecule has 0 bridgehead atoms. The van der Waals surface area contributed by atoms with Crippen molar-refractivity contribution in [2.45, 2.75) is 18.4 Å². The zero-order chi connectivity index (χ0) is 21.5. The lowest BCUT2D eigenvalue weighted by Crippen LogP contribution is -2.23. The van der Waals surface area contributed by atoms with Crippen molar-refractivity contribution in [3.63, 3.8) is 0 Å². The van der Waals surface area contributed by atoms with Gasteiger partial charge in [-0.1, -0.05) is 48.9 Å². The molecule has 0 spiro atoms. The third kappa shape index (κ3) is 5.34.